The third kappa shape index (κ3) is 5.45. The van der Waals surface area contributed by atoms with Gasteiger partial charge in [-0.25, -0.2) is 8.42 Å². The summed E-state index contributed by atoms with van der Waals surface area (Å²) in [5.41, 5.74) is 0. The van der Waals surface area contributed by atoms with E-state index in [1.54, 1.807) is 13.0 Å². The summed E-state index contributed by atoms with van der Waals surface area (Å²) < 4.78 is 34.5. The van der Waals surface area contributed by atoms with Crippen molar-refractivity contribution in [1.82, 2.24) is 4.72 Å². The van der Waals surface area contributed by atoms with Crippen LogP contribution in [0.25, 0.3) is 0 Å². The molecule has 0 unspecified atom stereocenters. The molecule has 0 fully saturated rings. The third-order valence-corrected chi connectivity index (χ3v) is 12.1. The minimum Gasteiger partial charge on any atom is -0.394 e. The maximum atomic E-state index is 12.6. The SMILES string of the molecule is C=CCC[C@H](C)S(=O)(=O)NCO[Si](c1ccccc1)(c1ccccc1)C(C)(C)C. The topological polar surface area (TPSA) is 55.4 Å². The lowest BCUT2D eigenvalue weighted by molar-refractivity contribution is 0.291. The van der Waals surface area contributed by atoms with Crippen molar-refractivity contribution in [3.8, 4) is 0 Å². The number of hydrogen-bond acceptors (Lipinski definition) is 3. The normalized spacial score (nSPS) is 13.8. The average Bonchev–Trinajstić information content (AvgIpc) is 2.69. The first-order valence-electron chi connectivity index (χ1n) is 9.99. The Morgan fingerprint density at radius 3 is 1.93 bits per heavy atom. The van der Waals surface area contributed by atoms with Crippen molar-refractivity contribution < 1.29 is 12.8 Å². The number of allylic oxidation sites excluding steroid dienone is 1. The molecule has 0 aromatic heterocycles. The van der Waals surface area contributed by atoms with E-state index in [4.69, 9.17) is 4.43 Å². The molecule has 0 aliphatic rings. The standard InChI is InChI=1S/C23H33NO3SSi/c1-6-7-14-20(2)28(25,26)24-19-27-29(23(3,4)5,21-15-10-8-11-16-21)22-17-12-9-13-18-22/h6,8-13,15-18,20,24H,1,7,14,19H2,2-5H3/t20-/m0/s1. The summed E-state index contributed by atoms with van der Waals surface area (Å²) in [5, 5.41) is 1.55. The van der Waals surface area contributed by atoms with Gasteiger partial charge in [0.05, 0.1) is 12.0 Å². The predicted octanol–water partition coefficient (Wildman–Crippen LogP) is 3.79. The first-order chi connectivity index (χ1) is 13.6. The molecule has 0 bridgehead atoms. The molecule has 0 saturated carbocycles. The van der Waals surface area contributed by atoms with Crippen LogP contribution in [0.5, 0.6) is 0 Å². The van der Waals surface area contributed by atoms with Crippen LogP contribution in [0, 0.1) is 0 Å². The van der Waals surface area contributed by atoms with E-state index in [2.05, 4.69) is 56.3 Å². The molecular formula is C23H33NO3SSi. The van der Waals surface area contributed by atoms with E-state index in [1.165, 1.54) is 0 Å². The zero-order chi connectivity index (χ0) is 21.5. The third-order valence-electron chi connectivity index (χ3n) is 5.27. The van der Waals surface area contributed by atoms with E-state index in [9.17, 15) is 8.42 Å². The van der Waals surface area contributed by atoms with Crippen LogP contribution in [-0.4, -0.2) is 28.7 Å². The molecule has 0 radical (unpaired) electrons. The van der Waals surface area contributed by atoms with Crippen LogP contribution in [0.1, 0.15) is 40.5 Å². The summed E-state index contributed by atoms with van der Waals surface area (Å²) in [4.78, 5) is 0. The summed E-state index contributed by atoms with van der Waals surface area (Å²) in [6.07, 6.45) is 2.94. The highest BCUT2D eigenvalue weighted by Gasteiger charge is 2.50. The van der Waals surface area contributed by atoms with Crippen molar-refractivity contribution >= 4 is 28.7 Å². The lowest BCUT2D eigenvalue weighted by Gasteiger charge is -2.43. The second kappa shape index (κ2) is 9.85. The summed E-state index contributed by atoms with van der Waals surface area (Å²) >= 11 is 0. The molecule has 2 rings (SSSR count). The van der Waals surface area contributed by atoms with Crippen molar-refractivity contribution in [2.75, 3.05) is 6.73 Å². The molecule has 0 aliphatic heterocycles. The monoisotopic (exact) mass is 431 g/mol. The predicted molar refractivity (Wildman–Crippen MR) is 125 cm³/mol. The first kappa shape index (κ1) is 23.5. The quantitative estimate of drug-likeness (QED) is 0.354. The molecule has 0 spiro atoms. The van der Waals surface area contributed by atoms with Gasteiger partial charge in [0.25, 0.3) is 8.32 Å². The molecule has 2 aromatic carbocycles. The van der Waals surface area contributed by atoms with Gasteiger partial charge in [-0.1, -0.05) is 87.5 Å². The molecule has 1 N–H and O–H groups in total. The second-order valence-corrected chi connectivity index (χ2v) is 14.8. The van der Waals surface area contributed by atoms with Crippen LogP contribution in [0.4, 0.5) is 0 Å². The van der Waals surface area contributed by atoms with E-state index in [-0.39, 0.29) is 11.8 Å². The summed E-state index contributed by atoms with van der Waals surface area (Å²) in [6.45, 7) is 11.8. The molecule has 158 valence electrons. The van der Waals surface area contributed by atoms with Gasteiger partial charge in [0.15, 0.2) is 0 Å². The van der Waals surface area contributed by atoms with E-state index < -0.39 is 23.6 Å². The zero-order valence-corrected chi connectivity index (χ0v) is 19.7. The summed E-state index contributed by atoms with van der Waals surface area (Å²) in [7, 11) is -6.22. The Hall–Kier alpha value is -1.73. The Bertz CT molecular complexity index is 838. The van der Waals surface area contributed by atoms with Crippen molar-refractivity contribution in [2.45, 2.75) is 50.8 Å². The Morgan fingerprint density at radius 1 is 1.03 bits per heavy atom. The smallest absolute Gasteiger partial charge is 0.262 e. The van der Waals surface area contributed by atoms with Gasteiger partial charge in [-0.05, 0) is 35.2 Å². The van der Waals surface area contributed by atoms with E-state index in [0.29, 0.717) is 12.8 Å². The molecule has 0 heterocycles. The van der Waals surface area contributed by atoms with Gasteiger partial charge in [0.2, 0.25) is 10.0 Å². The van der Waals surface area contributed by atoms with Gasteiger partial charge in [-0.15, -0.1) is 6.58 Å². The highest BCUT2D eigenvalue weighted by molar-refractivity contribution is 7.90. The van der Waals surface area contributed by atoms with Crippen molar-refractivity contribution in [3.63, 3.8) is 0 Å². The van der Waals surface area contributed by atoms with Gasteiger partial charge in [-0.3, -0.25) is 0 Å². The highest BCUT2D eigenvalue weighted by atomic mass is 32.2. The maximum Gasteiger partial charge on any atom is 0.262 e. The number of nitrogens with one attached hydrogen (secondary N) is 1. The van der Waals surface area contributed by atoms with Crippen molar-refractivity contribution in [3.05, 3.63) is 73.3 Å². The molecule has 29 heavy (non-hydrogen) atoms. The minimum absolute atomic E-state index is 0.0476. The Morgan fingerprint density at radius 2 is 1.52 bits per heavy atom. The second-order valence-electron chi connectivity index (χ2n) is 8.32. The van der Waals surface area contributed by atoms with E-state index >= 15 is 0 Å². The Labute approximate surface area is 177 Å². The number of benzene rings is 2. The van der Waals surface area contributed by atoms with Crippen LogP contribution in [0.3, 0.4) is 0 Å². The summed E-state index contributed by atoms with van der Waals surface area (Å²) in [5.74, 6) is 0. The van der Waals surface area contributed by atoms with Gasteiger partial charge < -0.3 is 4.43 Å². The van der Waals surface area contributed by atoms with Gasteiger partial charge >= 0.3 is 0 Å². The van der Waals surface area contributed by atoms with Crippen molar-refractivity contribution in [1.29, 1.82) is 0 Å². The minimum atomic E-state index is -3.47. The molecule has 1 atom stereocenters. The van der Waals surface area contributed by atoms with Gasteiger partial charge in [0, 0.05) is 0 Å². The fourth-order valence-electron chi connectivity index (χ4n) is 3.63. The van der Waals surface area contributed by atoms with Crippen LogP contribution < -0.4 is 15.1 Å². The van der Waals surface area contributed by atoms with Crippen molar-refractivity contribution in [2.24, 2.45) is 0 Å². The molecule has 2 aromatic rings. The Balaban J connectivity index is 2.38. The van der Waals surface area contributed by atoms with Crippen LogP contribution >= 0.6 is 0 Å². The molecule has 0 saturated heterocycles. The fourth-order valence-corrected chi connectivity index (χ4v) is 9.13. The molecule has 0 aliphatic carbocycles. The van der Waals surface area contributed by atoms with Gasteiger partial charge in [0.1, 0.15) is 0 Å². The number of hydrogen-bond donors (Lipinski definition) is 1. The van der Waals surface area contributed by atoms with Crippen LogP contribution in [0.2, 0.25) is 5.04 Å². The Kier molecular flexibility index (Phi) is 7.99. The molecule has 4 nitrogen and oxygen atoms in total. The van der Waals surface area contributed by atoms with E-state index in [1.807, 2.05) is 36.4 Å². The highest BCUT2D eigenvalue weighted by Crippen LogP contribution is 2.36. The maximum absolute atomic E-state index is 12.6. The fraction of sp³-hybridized carbons (Fsp3) is 0.391. The number of rotatable bonds is 10. The molecular weight excluding hydrogens is 398 g/mol. The summed E-state index contributed by atoms with van der Waals surface area (Å²) in [6, 6.07) is 20.4. The number of sulfonamides is 1. The van der Waals surface area contributed by atoms with Gasteiger partial charge in [-0.2, -0.15) is 4.72 Å². The average molecular weight is 432 g/mol. The van der Waals surface area contributed by atoms with E-state index in [0.717, 1.165) is 10.4 Å². The van der Waals surface area contributed by atoms with Crippen LogP contribution in [-0.2, 0) is 14.4 Å². The zero-order valence-electron chi connectivity index (χ0n) is 17.9. The first-order valence-corrected chi connectivity index (χ1v) is 13.4. The largest absolute Gasteiger partial charge is 0.394 e. The van der Waals surface area contributed by atoms with Crippen LogP contribution in [0.15, 0.2) is 73.3 Å². The molecule has 0 amide bonds. The lowest BCUT2D eigenvalue weighted by atomic mass is 10.2. The molecule has 6 heteroatoms. The lowest BCUT2D eigenvalue weighted by Crippen LogP contribution is -2.67.